The third-order valence-electron chi connectivity index (χ3n) is 8.37. The van der Waals surface area contributed by atoms with Crippen molar-refractivity contribution in [2.75, 3.05) is 22.5 Å². The number of hydrogen-bond acceptors (Lipinski definition) is 9. The molecule has 0 heterocycles. The SMILES string of the molecule is Cc1ccc(NC(=O)OCc2ccc(NC(=O)OCc3ccc(NC(=O)[C@H](CCCCN)NC(=O)C(Cc4ccccc4)NC(=O)[C@@H](C)N)cc3)cc2)cc1. The molecule has 4 rings (SSSR count). The Morgan fingerprint density at radius 1 is 0.582 bits per heavy atom. The van der Waals surface area contributed by atoms with Gasteiger partial charge in [-0.1, -0.05) is 72.3 Å². The molecule has 0 radical (unpaired) electrons. The molecule has 0 aromatic heterocycles. The number of carbonyl (C=O) groups excluding carboxylic acids is 5. The molecule has 0 saturated heterocycles. The van der Waals surface area contributed by atoms with E-state index >= 15 is 0 Å². The van der Waals surface area contributed by atoms with Gasteiger partial charge in [0.1, 0.15) is 25.3 Å². The van der Waals surface area contributed by atoms with Crippen LogP contribution in [0, 0.1) is 6.92 Å². The molecule has 4 aromatic rings. The molecule has 14 heteroatoms. The number of rotatable bonds is 18. The zero-order valence-corrected chi connectivity index (χ0v) is 31.0. The van der Waals surface area contributed by atoms with E-state index in [9.17, 15) is 24.0 Å². The van der Waals surface area contributed by atoms with Crippen LogP contribution in [0.4, 0.5) is 26.7 Å². The zero-order chi connectivity index (χ0) is 39.6. The number of aryl methyl sites for hydroxylation is 1. The summed E-state index contributed by atoms with van der Waals surface area (Å²) in [5.74, 6) is -1.44. The van der Waals surface area contributed by atoms with Crippen LogP contribution in [0.1, 0.15) is 48.4 Å². The second kappa shape index (κ2) is 21.5. The van der Waals surface area contributed by atoms with Gasteiger partial charge in [0.25, 0.3) is 0 Å². The smallest absolute Gasteiger partial charge is 0.411 e. The van der Waals surface area contributed by atoms with Crippen molar-refractivity contribution < 1.29 is 33.4 Å². The fourth-order valence-electron chi connectivity index (χ4n) is 5.24. The van der Waals surface area contributed by atoms with Crippen molar-refractivity contribution in [3.8, 4) is 0 Å². The number of carbonyl (C=O) groups is 5. The predicted molar refractivity (Wildman–Crippen MR) is 211 cm³/mol. The highest BCUT2D eigenvalue weighted by Crippen LogP contribution is 2.16. The zero-order valence-electron chi connectivity index (χ0n) is 31.0. The lowest BCUT2D eigenvalue weighted by Crippen LogP contribution is -2.55. The Labute approximate surface area is 320 Å². The predicted octanol–water partition coefficient (Wildman–Crippen LogP) is 5.12. The summed E-state index contributed by atoms with van der Waals surface area (Å²) in [6.45, 7) is 3.93. The van der Waals surface area contributed by atoms with Crippen LogP contribution < -0.4 is 38.1 Å². The van der Waals surface area contributed by atoms with Gasteiger partial charge in [0.2, 0.25) is 17.7 Å². The summed E-state index contributed by atoms with van der Waals surface area (Å²) in [4.78, 5) is 63.9. The standard InChI is InChI=1S/C41H49N7O7/c1-27-11-17-33(18-12-27)45-40(52)54-26-31-15-21-34(22-16-31)46-41(53)55-25-30-13-19-32(20-14-30)44-38(50)35(10-6-7-23-42)47-39(51)36(48-37(49)28(2)43)24-29-8-4-3-5-9-29/h3-5,8-9,11-22,28,35-36H,6-7,10,23-26,42-43H2,1-2H3,(H,44,50)(H,45,52)(H,46,53)(H,47,51)(H,48,49)/t28-,35+,36?/m1/s1. The molecule has 3 atom stereocenters. The van der Waals surface area contributed by atoms with Gasteiger partial charge < -0.3 is 36.9 Å². The number of hydrogen-bond donors (Lipinski definition) is 7. The number of anilines is 3. The molecular weight excluding hydrogens is 702 g/mol. The highest BCUT2D eigenvalue weighted by atomic mass is 16.6. The Morgan fingerprint density at radius 2 is 1.07 bits per heavy atom. The molecule has 0 spiro atoms. The van der Waals surface area contributed by atoms with Gasteiger partial charge in [-0.15, -0.1) is 0 Å². The topological polar surface area (TPSA) is 216 Å². The molecular formula is C41H49N7O7. The molecule has 0 aliphatic heterocycles. The van der Waals surface area contributed by atoms with Crippen molar-refractivity contribution in [1.29, 1.82) is 0 Å². The van der Waals surface area contributed by atoms with Crippen molar-refractivity contribution in [2.24, 2.45) is 11.5 Å². The maximum absolute atomic E-state index is 13.5. The summed E-state index contributed by atoms with van der Waals surface area (Å²) in [6, 6.07) is 27.4. The molecule has 0 bridgehead atoms. The first-order valence-corrected chi connectivity index (χ1v) is 18.0. The van der Waals surface area contributed by atoms with Crippen LogP contribution in [0.5, 0.6) is 0 Å². The Kier molecular flexibility index (Phi) is 16.2. The first-order valence-electron chi connectivity index (χ1n) is 18.0. The first kappa shape index (κ1) is 41.5. The average Bonchev–Trinajstić information content (AvgIpc) is 3.18. The maximum Gasteiger partial charge on any atom is 0.411 e. The lowest BCUT2D eigenvalue weighted by Gasteiger charge is -2.24. The molecule has 5 amide bonds. The van der Waals surface area contributed by atoms with Gasteiger partial charge in [0, 0.05) is 23.5 Å². The van der Waals surface area contributed by atoms with E-state index in [-0.39, 0.29) is 19.6 Å². The van der Waals surface area contributed by atoms with E-state index in [1.54, 1.807) is 60.7 Å². The number of nitrogens with one attached hydrogen (secondary N) is 5. The van der Waals surface area contributed by atoms with Crippen molar-refractivity contribution in [1.82, 2.24) is 10.6 Å². The quantitative estimate of drug-likeness (QED) is 0.0671. The van der Waals surface area contributed by atoms with E-state index in [0.29, 0.717) is 48.4 Å². The molecule has 55 heavy (non-hydrogen) atoms. The molecule has 14 nitrogen and oxygen atoms in total. The van der Waals surface area contributed by atoms with Gasteiger partial charge in [0.05, 0.1) is 6.04 Å². The van der Waals surface area contributed by atoms with Gasteiger partial charge in [-0.2, -0.15) is 0 Å². The lowest BCUT2D eigenvalue weighted by molar-refractivity contribution is -0.131. The van der Waals surface area contributed by atoms with Crippen LogP contribution in [-0.4, -0.2) is 54.6 Å². The van der Waals surface area contributed by atoms with Crippen molar-refractivity contribution in [3.05, 3.63) is 125 Å². The molecule has 0 saturated carbocycles. The van der Waals surface area contributed by atoms with E-state index in [1.807, 2.05) is 49.4 Å². The average molecular weight is 752 g/mol. The maximum atomic E-state index is 13.5. The second-order valence-corrected chi connectivity index (χ2v) is 13.0. The largest absolute Gasteiger partial charge is 0.444 e. The van der Waals surface area contributed by atoms with E-state index in [2.05, 4.69) is 26.6 Å². The molecule has 4 aromatic carbocycles. The Balaban J connectivity index is 1.25. The Bertz CT molecular complexity index is 1850. The summed E-state index contributed by atoms with van der Waals surface area (Å²) in [7, 11) is 0. The van der Waals surface area contributed by atoms with Gasteiger partial charge in [-0.25, -0.2) is 9.59 Å². The number of nitrogens with two attached hydrogens (primary N) is 2. The number of ether oxygens (including phenoxy) is 2. The number of amides is 5. The monoisotopic (exact) mass is 751 g/mol. The fourth-order valence-corrected chi connectivity index (χ4v) is 5.24. The van der Waals surface area contributed by atoms with Crippen LogP contribution in [0.25, 0.3) is 0 Å². The summed E-state index contributed by atoms with van der Waals surface area (Å²) >= 11 is 0. The second-order valence-electron chi connectivity index (χ2n) is 13.0. The van der Waals surface area contributed by atoms with Crippen LogP contribution in [-0.2, 0) is 43.5 Å². The van der Waals surface area contributed by atoms with E-state index in [0.717, 1.165) is 16.7 Å². The van der Waals surface area contributed by atoms with Crippen LogP contribution in [0.3, 0.4) is 0 Å². The number of unbranched alkanes of at least 4 members (excludes halogenated alkanes) is 1. The summed E-state index contributed by atoms with van der Waals surface area (Å²) in [5.41, 5.74) is 16.3. The minimum absolute atomic E-state index is 0.0320. The third-order valence-corrected chi connectivity index (χ3v) is 8.37. The first-order chi connectivity index (χ1) is 26.5. The van der Waals surface area contributed by atoms with Crippen LogP contribution in [0.15, 0.2) is 103 Å². The normalized spacial score (nSPS) is 12.3. The molecule has 0 fully saturated rings. The fraction of sp³-hybridized carbons (Fsp3) is 0.293. The summed E-state index contributed by atoms with van der Waals surface area (Å²) in [6.07, 6.45) is 0.546. The summed E-state index contributed by atoms with van der Waals surface area (Å²) in [5, 5.41) is 13.7. The minimum Gasteiger partial charge on any atom is -0.444 e. The van der Waals surface area contributed by atoms with Crippen LogP contribution in [0.2, 0.25) is 0 Å². The van der Waals surface area contributed by atoms with E-state index in [4.69, 9.17) is 20.9 Å². The van der Waals surface area contributed by atoms with Crippen molar-refractivity contribution >= 4 is 47.0 Å². The van der Waals surface area contributed by atoms with E-state index < -0.39 is 48.0 Å². The lowest BCUT2D eigenvalue weighted by atomic mass is 10.0. The number of benzene rings is 4. The van der Waals surface area contributed by atoms with Gasteiger partial charge in [-0.05, 0) is 92.7 Å². The highest BCUT2D eigenvalue weighted by Gasteiger charge is 2.28. The van der Waals surface area contributed by atoms with Crippen LogP contribution >= 0.6 is 0 Å². The Morgan fingerprint density at radius 3 is 1.58 bits per heavy atom. The molecule has 0 aliphatic carbocycles. The van der Waals surface area contributed by atoms with Crippen molar-refractivity contribution in [2.45, 2.75) is 70.9 Å². The third kappa shape index (κ3) is 14.6. The molecule has 290 valence electrons. The van der Waals surface area contributed by atoms with Crippen molar-refractivity contribution in [3.63, 3.8) is 0 Å². The molecule has 0 aliphatic rings. The van der Waals surface area contributed by atoms with Gasteiger partial charge >= 0.3 is 12.2 Å². The minimum atomic E-state index is -0.953. The molecule has 9 N–H and O–H groups in total. The molecule has 1 unspecified atom stereocenters. The Hall–Kier alpha value is -6.25. The highest BCUT2D eigenvalue weighted by molar-refractivity contribution is 5.98. The van der Waals surface area contributed by atoms with Gasteiger partial charge in [0.15, 0.2) is 0 Å². The van der Waals surface area contributed by atoms with Gasteiger partial charge in [-0.3, -0.25) is 25.0 Å². The van der Waals surface area contributed by atoms with E-state index in [1.165, 1.54) is 6.92 Å². The summed E-state index contributed by atoms with van der Waals surface area (Å²) < 4.78 is 10.6.